The van der Waals surface area contributed by atoms with Gasteiger partial charge in [0, 0.05) is 0 Å². The van der Waals surface area contributed by atoms with Crippen LogP contribution in [0.4, 0.5) is 17.6 Å². The fourth-order valence-corrected chi connectivity index (χ4v) is 1.88. The Morgan fingerprint density at radius 1 is 1.00 bits per heavy atom. The SMILES string of the molecule is CC(C)c1ccc(OC(F)(F)F)c(F)c1C(C)C. The van der Waals surface area contributed by atoms with Crippen molar-refractivity contribution in [2.75, 3.05) is 0 Å². The Labute approximate surface area is 104 Å². The van der Waals surface area contributed by atoms with Gasteiger partial charge in [-0.2, -0.15) is 0 Å². The molecule has 0 amide bonds. The molecule has 0 unspecified atom stereocenters. The van der Waals surface area contributed by atoms with E-state index in [-0.39, 0.29) is 17.4 Å². The molecule has 18 heavy (non-hydrogen) atoms. The molecule has 0 aliphatic carbocycles. The second-order valence-electron chi connectivity index (χ2n) is 4.74. The summed E-state index contributed by atoms with van der Waals surface area (Å²) in [5.74, 6) is -1.86. The van der Waals surface area contributed by atoms with Crippen molar-refractivity contribution in [2.24, 2.45) is 0 Å². The Kier molecular flexibility index (Phi) is 4.24. The Hall–Kier alpha value is -1.26. The molecule has 0 aliphatic rings. The Bertz CT molecular complexity index is 422. The Balaban J connectivity index is 3.31. The van der Waals surface area contributed by atoms with Gasteiger partial charge in [0.2, 0.25) is 0 Å². The van der Waals surface area contributed by atoms with Crippen LogP contribution >= 0.6 is 0 Å². The molecule has 0 aromatic heterocycles. The quantitative estimate of drug-likeness (QED) is 0.700. The number of ether oxygens (including phenoxy) is 1. The lowest BCUT2D eigenvalue weighted by Gasteiger charge is -2.19. The zero-order chi connectivity index (χ0) is 14.1. The van der Waals surface area contributed by atoms with E-state index in [0.717, 1.165) is 6.07 Å². The number of rotatable bonds is 3. The van der Waals surface area contributed by atoms with Gasteiger partial charge in [-0.15, -0.1) is 13.2 Å². The first-order valence-corrected chi connectivity index (χ1v) is 5.71. The summed E-state index contributed by atoms with van der Waals surface area (Å²) in [6.07, 6.45) is -4.88. The van der Waals surface area contributed by atoms with Gasteiger partial charge >= 0.3 is 6.36 Å². The highest BCUT2D eigenvalue weighted by Crippen LogP contribution is 2.35. The lowest BCUT2D eigenvalue weighted by molar-refractivity contribution is -0.275. The highest BCUT2D eigenvalue weighted by Gasteiger charge is 2.33. The molecule has 5 heteroatoms. The van der Waals surface area contributed by atoms with Crippen molar-refractivity contribution in [1.29, 1.82) is 0 Å². The van der Waals surface area contributed by atoms with E-state index < -0.39 is 17.9 Å². The molecule has 102 valence electrons. The Morgan fingerprint density at radius 3 is 1.94 bits per heavy atom. The number of hydrogen-bond donors (Lipinski definition) is 0. The summed E-state index contributed by atoms with van der Waals surface area (Å²) >= 11 is 0. The summed E-state index contributed by atoms with van der Waals surface area (Å²) in [7, 11) is 0. The van der Waals surface area contributed by atoms with Crippen LogP contribution in [0, 0.1) is 5.82 Å². The van der Waals surface area contributed by atoms with Crippen molar-refractivity contribution in [3.8, 4) is 5.75 Å². The molecule has 0 saturated heterocycles. The number of benzene rings is 1. The largest absolute Gasteiger partial charge is 0.573 e. The standard InChI is InChI=1S/C13H16F4O/c1-7(2)9-5-6-10(18-13(15,16)17)12(14)11(9)8(3)4/h5-8H,1-4H3. The molecule has 1 nitrogen and oxygen atoms in total. The van der Waals surface area contributed by atoms with Gasteiger partial charge < -0.3 is 4.74 Å². The van der Waals surface area contributed by atoms with Gasteiger partial charge in [0.05, 0.1) is 0 Å². The van der Waals surface area contributed by atoms with Gasteiger partial charge in [-0.1, -0.05) is 33.8 Å². The van der Waals surface area contributed by atoms with Crippen molar-refractivity contribution >= 4 is 0 Å². The molecule has 0 aliphatic heterocycles. The predicted molar refractivity (Wildman–Crippen MR) is 61.3 cm³/mol. The third kappa shape index (κ3) is 3.37. The van der Waals surface area contributed by atoms with Gasteiger partial charge in [-0.05, 0) is 29.0 Å². The van der Waals surface area contributed by atoms with Gasteiger partial charge in [-0.25, -0.2) is 4.39 Å². The van der Waals surface area contributed by atoms with E-state index in [1.807, 2.05) is 13.8 Å². The van der Waals surface area contributed by atoms with Crippen LogP contribution in [0.5, 0.6) is 5.75 Å². The van der Waals surface area contributed by atoms with Crippen LogP contribution < -0.4 is 4.74 Å². The van der Waals surface area contributed by atoms with Crippen molar-refractivity contribution in [1.82, 2.24) is 0 Å². The van der Waals surface area contributed by atoms with E-state index in [0.29, 0.717) is 5.56 Å². The zero-order valence-electron chi connectivity index (χ0n) is 10.7. The molecule has 0 heterocycles. The van der Waals surface area contributed by atoms with Crippen LogP contribution in [-0.4, -0.2) is 6.36 Å². The van der Waals surface area contributed by atoms with Gasteiger partial charge in [-0.3, -0.25) is 0 Å². The number of hydrogen-bond acceptors (Lipinski definition) is 1. The molecule has 1 rings (SSSR count). The average Bonchev–Trinajstić information content (AvgIpc) is 2.17. The molecule has 0 saturated carbocycles. The molecule has 0 radical (unpaired) electrons. The minimum Gasteiger partial charge on any atom is -0.403 e. The van der Waals surface area contributed by atoms with E-state index in [4.69, 9.17) is 0 Å². The van der Waals surface area contributed by atoms with E-state index in [1.165, 1.54) is 6.07 Å². The van der Waals surface area contributed by atoms with E-state index in [2.05, 4.69) is 4.74 Å². The molecule has 0 atom stereocenters. The molecule has 0 N–H and O–H groups in total. The van der Waals surface area contributed by atoms with Crippen LogP contribution in [0.15, 0.2) is 12.1 Å². The van der Waals surface area contributed by atoms with E-state index in [9.17, 15) is 17.6 Å². The Morgan fingerprint density at radius 2 is 1.56 bits per heavy atom. The lowest BCUT2D eigenvalue weighted by Crippen LogP contribution is -2.19. The average molecular weight is 264 g/mol. The highest BCUT2D eigenvalue weighted by atomic mass is 19.4. The summed E-state index contributed by atoms with van der Waals surface area (Å²) in [4.78, 5) is 0. The molecule has 1 aromatic rings. The maximum absolute atomic E-state index is 14.0. The summed E-state index contributed by atoms with van der Waals surface area (Å²) in [6.45, 7) is 7.21. The first-order chi connectivity index (χ1) is 8.13. The second-order valence-corrected chi connectivity index (χ2v) is 4.74. The van der Waals surface area contributed by atoms with Crippen LogP contribution in [0.1, 0.15) is 50.7 Å². The molecule has 0 fully saturated rings. The summed E-state index contributed by atoms with van der Waals surface area (Å²) < 4.78 is 54.1. The number of halogens is 4. The normalized spacial score (nSPS) is 12.3. The van der Waals surface area contributed by atoms with Crippen LogP contribution in [0.2, 0.25) is 0 Å². The predicted octanol–water partition coefficient (Wildman–Crippen LogP) is 4.97. The van der Waals surface area contributed by atoms with Crippen molar-refractivity contribution < 1.29 is 22.3 Å². The summed E-state index contributed by atoms with van der Waals surface area (Å²) in [5.41, 5.74) is 0.990. The topological polar surface area (TPSA) is 9.23 Å². The zero-order valence-corrected chi connectivity index (χ0v) is 10.7. The first kappa shape index (κ1) is 14.8. The smallest absolute Gasteiger partial charge is 0.403 e. The molecular formula is C13H16F4O. The van der Waals surface area contributed by atoms with Crippen LogP contribution in [0.3, 0.4) is 0 Å². The minimum absolute atomic E-state index is 0.0387. The fraction of sp³-hybridized carbons (Fsp3) is 0.538. The fourth-order valence-electron chi connectivity index (χ4n) is 1.88. The molecule has 0 bridgehead atoms. The lowest BCUT2D eigenvalue weighted by atomic mass is 9.90. The highest BCUT2D eigenvalue weighted by molar-refractivity contribution is 5.41. The maximum Gasteiger partial charge on any atom is 0.573 e. The van der Waals surface area contributed by atoms with Gasteiger partial charge in [0.15, 0.2) is 11.6 Å². The summed E-state index contributed by atoms with van der Waals surface area (Å²) in [6, 6.07) is 2.52. The van der Waals surface area contributed by atoms with Crippen LogP contribution in [0.25, 0.3) is 0 Å². The van der Waals surface area contributed by atoms with Crippen molar-refractivity contribution in [3.63, 3.8) is 0 Å². The minimum atomic E-state index is -4.88. The monoisotopic (exact) mass is 264 g/mol. The van der Waals surface area contributed by atoms with E-state index >= 15 is 0 Å². The number of alkyl halides is 3. The molecule has 1 aromatic carbocycles. The van der Waals surface area contributed by atoms with Crippen molar-refractivity contribution in [2.45, 2.75) is 45.9 Å². The van der Waals surface area contributed by atoms with Gasteiger partial charge in [0.25, 0.3) is 0 Å². The third-order valence-corrected chi connectivity index (χ3v) is 2.60. The van der Waals surface area contributed by atoms with Crippen molar-refractivity contribution in [3.05, 3.63) is 29.1 Å². The molecular weight excluding hydrogens is 248 g/mol. The maximum atomic E-state index is 14.0. The van der Waals surface area contributed by atoms with Crippen LogP contribution in [-0.2, 0) is 0 Å². The molecule has 0 spiro atoms. The van der Waals surface area contributed by atoms with Gasteiger partial charge in [0.1, 0.15) is 0 Å². The second kappa shape index (κ2) is 5.16. The first-order valence-electron chi connectivity index (χ1n) is 5.71. The summed E-state index contributed by atoms with van der Waals surface area (Å²) in [5, 5.41) is 0. The van der Waals surface area contributed by atoms with E-state index in [1.54, 1.807) is 13.8 Å². The third-order valence-electron chi connectivity index (χ3n) is 2.60.